The van der Waals surface area contributed by atoms with Crippen LogP contribution in [0.4, 0.5) is 0 Å². The van der Waals surface area contributed by atoms with Crippen molar-refractivity contribution in [1.82, 2.24) is 0 Å². The molecular weight excluding hydrogens is 256 g/mol. The van der Waals surface area contributed by atoms with Gasteiger partial charge in [-0.05, 0) is 31.6 Å². The van der Waals surface area contributed by atoms with Crippen molar-refractivity contribution in [3.63, 3.8) is 0 Å². The smallest absolute Gasteiger partial charge is 0.309 e. The molecule has 0 aromatic carbocycles. The Bertz CT molecular complexity index is 286. The molecule has 0 aromatic heterocycles. The van der Waals surface area contributed by atoms with E-state index in [0.717, 1.165) is 12.8 Å². The molecule has 0 spiro atoms. The molecule has 0 aliphatic heterocycles. The van der Waals surface area contributed by atoms with Crippen LogP contribution in [-0.2, 0) is 19.1 Å². The molecule has 0 aliphatic carbocycles. The minimum absolute atomic E-state index is 0.263. The van der Waals surface area contributed by atoms with Crippen LogP contribution in [-0.4, -0.2) is 25.2 Å². The third-order valence-electron chi connectivity index (χ3n) is 3.15. The van der Waals surface area contributed by atoms with Crippen molar-refractivity contribution in [2.45, 2.75) is 60.3 Å². The highest BCUT2D eigenvalue weighted by Crippen LogP contribution is 2.26. The molecule has 20 heavy (non-hydrogen) atoms. The number of hydrogen-bond acceptors (Lipinski definition) is 4. The Morgan fingerprint density at radius 2 is 1.30 bits per heavy atom. The van der Waals surface area contributed by atoms with Gasteiger partial charge in [0.2, 0.25) is 0 Å². The summed E-state index contributed by atoms with van der Waals surface area (Å²) >= 11 is 0. The van der Waals surface area contributed by atoms with Crippen molar-refractivity contribution < 1.29 is 19.1 Å². The maximum Gasteiger partial charge on any atom is 0.309 e. The molecule has 0 fully saturated rings. The lowest BCUT2D eigenvalue weighted by Gasteiger charge is -2.24. The maximum absolute atomic E-state index is 12.2. The van der Waals surface area contributed by atoms with Crippen molar-refractivity contribution >= 4 is 11.9 Å². The predicted molar refractivity (Wildman–Crippen MR) is 79.2 cm³/mol. The molecule has 0 saturated carbocycles. The van der Waals surface area contributed by atoms with E-state index in [1.54, 1.807) is 0 Å². The standard InChI is InChI=1S/C16H30O4/c1-6-9-19-15(17)13(8-3)14(11-12(4)5)16(18)20-10-7-2/h12-14H,6-11H2,1-5H3. The van der Waals surface area contributed by atoms with Crippen LogP contribution >= 0.6 is 0 Å². The summed E-state index contributed by atoms with van der Waals surface area (Å²) in [4.78, 5) is 24.3. The molecule has 118 valence electrons. The summed E-state index contributed by atoms with van der Waals surface area (Å²) in [6.07, 6.45) is 2.83. The fourth-order valence-corrected chi connectivity index (χ4v) is 2.17. The molecule has 0 amide bonds. The number of ether oxygens (including phenoxy) is 2. The Kier molecular flexibility index (Phi) is 10.1. The lowest BCUT2D eigenvalue weighted by Crippen LogP contribution is -2.33. The third-order valence-corrected chi connectivity index (χ3v) is 3.15. The SMILES string of the molecule is CCCOC(=O)C(CC)C(CC(C)C)C(=O)OCCC. The minimum Gasteiger partial charge on any atom is -0.465 e. The van der Waals surface area contributed by atoms with Crippen LogP contribution in [0.3, 0.4) is 0 Å². The zero-order valence-corrected chi connectivity index (χ0v) is 13.6. The third kappa shape index (κ3) is 6.92. The number of rotatable bonds is 10. The van der Waals surface area contributed by atoms with Crippen LogP contribution < -0.4 is 0 Å². The monoisotopic (exact) mass is 286 g/mol. The molecule has 2 unspecified atom stereocenters. The highest BCUT2D eigenvalue weighted by atomic mass is 16.5. The van der Waals surface area contributed by atoms with Gasteiger partial charge >= 0.3 is 11.9 Å². The van der Waals surface area contributed by atoms with Gasteiger partial charge in [-0.3, -0.25) is 9.59 Å². The summed E-state index contributed by atoms with van der Waals surface area (Å²) in [7, 11) is 0. The second-order valence-corrected chi connectivity index (χ2v) is 5.59. The average Bonchev–Trinajstić information content (AvgIpc) is 2.41. The van der Waals surface area contributed by atoms with Gasteiger partial charge in [-0.25, -0.2) is 0 Å². The van der Waals surface area contributed by atoms with E-state index in [4.69, 9.17) is 9.47 Å². The van der Waals surface area contributed by atoms with E-state index in [0.29, 0.717) is 32.0 Å². The predicted octanol–water partition coefficient (Wildman–Crippen LogP) is 3.58. The molecule has 0 aliphatic rings. The van der Waals surface area contributed by atoms with Crippen molar-refractivity contribution in [2.24, 2.45) is 17.8 Å². The molecule has 4 nitrogen and oxygen atoms in total. The zero-order chi connectivity index (χ0) is 15.5. The second-order valence-electron chi connectivity index (χ2n) is 5.59. The van der Waals surface area contributed by atoms with Gasteiger partial charge in [0.15, 0.2) is 0 Å². The first-order valence-corrected chi connectivity index (χ1v) is 7.81. The van der Waals surface area contributed by atoms with Crippen LogP contribution in [0.5, 0.6) is 0 Å². The van der Waals surface area contributed by atoms with Gasteiger partial charge in [0.1, 0.15) is 0 Å². The first-order valence-electron chi connectivity index (χ1n) is 7.81. The number of carbonyl (C=O) groups excluding carboxylic acids is 2. The summed E-state index contributed by atoms with van der Waals surface area (Å²) in [6.45, 7) is 10.7. The fraction of sp³-hybridized carbons (Fsp3) is 0.875. The lowest BCUT2D eigenvalue weighted by molar-refractivity contribution is -0.161. The molecule has 0 radical (unpaired) electrons. The van der Waals surface area contributed by atoms with Crippen LogP contribution in [0, 0.1) is 17.8 Å². The van der Waals surface area contributed by atoms with Crippen LogP contribution in [0.2, 0.25) is 0 Å². The molecule has 0 saturated heterocycles. The molecule has 0 aromatic rings. The number of hydrogen-bond donors (Lipinski definition) is 0. The summed E-state index contributed by atoms with van der Waals surface area (Å²) in [5.74, 6) is -0.985. The van der Waals surface area contributed by atoms with Crippen LogP contribution in [0.25, 0.3) is 0 Å². The van der Waals surface area contributed by atoms with E-state index in [1.807, 2.05) is 34.6 Å². The Hall–Kier alpha value is -1.06. The summed E-state index contributed by atoms with van der Waals surface area (Å²) in [5.41, 5.74) is 0. The summed E-state index contributed by atoms with van der Waals surface area (Å²) in [5, 5.41) is 0. The molecule has 2 atom stereocenters. The number of carbonyl (C=O) groups is 2. The second kappa shape index (κ2) is 10.7. The highest BCUT2D eigenvalue weighted by Gasteiger charge is 2.35. The molecule has 0 heterocycles. The Morgan fingerprint density at radius 1 is 0.850 bits per heavy atom. The normalized spacial score (nSPS) is 13.9. The van der Waals surface area contributed by atoms with Crippen LogP contribution in [0.15, 0.2) is 0 Å². The number of esters is 2. The first-order chi connectivity index (χ1) is 9.47. The van der Waals surface area contributed by atoms with E-state index in [9.17, 15) is 9.59 Å². The van der Waals surface area contributed by atoms with E-state index in [-0.39, 0.29) is 11.9 Å². The molecule has 4 heteroatoms. The maximum atomic E-state index is 12.2. The first kappa shape index (κ1) is 18.9. The highest BCUT2D eigenvalue weighted by molar-refractivity contribution is 5.82. The van der Waals surface area contributed by atoms with Gasteiger partial charge in [-0.2, -0.15) is 0 Å². The topological polar surface area (TPSA) is 52.6 Å². The van der Waals surface area contributed by atoms with Crippen molar-refractivity contribution in [2.75, 3.05) is 13.2 Å². The Balaban J connectivity index is 4.85. The molecule has 0 N–H and O–H groups in total. The van der Waals surface area contributed by atoms with Gasteiger partial charge in [0, 0.05) is 0 Å². The fourth-order valence-electron chi connectivity index (χ4n) is 2.17. The van der Waals surface area contributed by atoms with Gasteiger partial charge in [0.25, 0.3) is 0 Å². The molecular formula is C16H30O4. The quantitative estimate of drug-likeness (QED) is 0.576. The van der Waals surface area contributed by atoms with E-state index in [1.165, 1.54) is 0 Å². The van der Waals surface area contributed by atoms with Crippen molar-refractivity contribution in [1.29, 1.82) is 0 Å². The van der Waals surface area contributed by atoms with E-state index < -0.39 is 11.8 Å². The summed E-state index contributed by atoms with van der Waals surface area (Å²) < 4.78 is 10.5. The van der Waals surface area contributed by atoms with Gasteiger partial charge < -0.3 is 9.47 Å². The minimum atomic E-state index is -0.395. The average molecular weight is 286 g/mol. The van der Waals surface area contributed by atoms with Crippen molar-refractivity contribution in [3.8, 4) is 0 Å². The van der Waals surface area contributed by atoms with Crippen LogP contribution in [0.1, 0.15) is 60.3 Å². The Labute approximate surface area is 123 Å². The Morgan fingerprint density at radius 3 is 1.65 bits per heavy atom. The van der Waals surface area contributed by atoms with Gasteiger partial charge in [-0.15, -0.1) is 0 Å². The molecule has 0 bridgehead atoms. The zero-order valence-electron chi connectivity index (χ0n) is 13.6. The van der Waals surface area contributed by atoms with Gasteiger partial charge in [-0.1, -0.05) is 34.6 Å². The largest absolute Gasteiger partial charge is 0.465 e. The van der Waals surface area contributed by atoms with E-state index in [2.05, 4.69) is 0 Å². The van der Waals surface area contributed by atoms with Crippen molar-refractivity contribution in [3.05, 3.63) is 0 Å². The van der Waals surface area contributed by atoms with E-state index >= 15 is 0 Å². The molecule has 0 rings (SSSR count). The van der Waals surface area contributed by atoms with Gasteiger partial charge in [0.05, 0.1) is 25.0 Å². The lowest BCUT2D eigenvalue weighted by atomic mass is 9.84. The summed E-state index contributed by atoms with van der Waals surface area (Å²) in [6, 6.07) is 0.